The average molecular weight is 543 g/mol. The molecule has 0 saturated heterocycles. The van der Waals surface area contributed by atoms with Gasteiger partial charge in [-0.05, 0) is 129 Å². The van der Waals surface area contributed by atoms with Crippen molar-refractivity contribution in [2.45, 2.75) is 85.5 Å². The fourth-order valence-electron chi connectivity index (χ4n) is 5.69. The normalized spacial score (nSPS) is 14.0. The number of hydrogen-bond donors (Lipinski definition) is 2. The zero-order valence-electron chi connectivity index (χ0n) is 24.5. The van der Waals surface area contributed by atoms with Crippen LogP contribution in [0.5, 0.6) is 0 Å². The highest BCUT2D eigenvalue weighted by Gasteiger charge is 2.18. The molecule has 2 aromatic carbocycles. The Morgan fingerprint density at radius 2 is 1.73 bits per heavy atom. The quantitative estimate of drug-likeness (QED) is 0.264. The van der Waals surface area contributed by atoms with Crippen LogP contribution in [0.25, 0.3) is 0 Å². The molecule has 0 saturated carbocycles. The Balaban J connectivity index is 1.90. The van der Waals surface area contributed by atoms with E-state index in [2.05, 4.69) is 44.8 Å². The molecule has 0 heterocycles. The number of rotatable bonds is 12. The summed E-state index contributed by atoms with van der Waals surface area (Å²) in [6.45, 7) is 12.1. The van der Waals surface area contributed by atoms with Gasteiger partial charge in [0.05, 0.1) is 5.56 Å². The predicted molar refractivity (Wildman–Crippen MR) is 164 cm³/mol. The molecule has 40 heavy (non-hydrogen) atoms. The lowest BCUT2D eigenvalue weighted by atomic mass is 9.82. The largest absolute Gasteiger partial charge is 0.366 e. The lowest BCUT2D eigenvalue weighted by Gasteiger charge is -2.24. The van der Waals surface area contributed by atoms with Crippen molar-refractivity contribution < 1.29 is 14.0 Å². The molecule has 0 radical (unpaired) electrons. The van der Waals surface area contributed by atoms with E-state index in [1.165, 1.54) is 40.0 Å². The second-order valence-corrected chi connectivity index (χ2v) is 10.6. The molecular weight excluding hydrogens is 499 g/mol. The topological polar surface area (TPSA) is 72.2 Å². The SMILES string of the molecule is C=CC(=O)Nc1ccccc1CCCC1=C(CC)C=C(C)CCC(CCc2cc(C(N)=O)c(F)cc2C)=C1CC. The molecule has 212 valence electrons. The van der Waals surface area contributed by atoms with E-state index in [1.807, 2.05) is 25.1 Å². The zero-order chi connectivity index (χ0) is 29.2. The number of halogens is 1. The van der Waals surface area contributed by atoms with Gasteiger partial charge in [-0.2, -0.15) is 0 Å². The highest BCUT2D eigenvalue weighted by molar-refractivity contribution is 5.99. The van der Waals surface area contributed by atoms with E-state index in [-0.39, 0.29) is 11.5 Å². The summed E-state index contributed by atoms with van der Waals surface area (Å²) in [6.07, 6.45) is 11.9. The maximum atomic E-state index is 14.3. The van der Waals surface area contributed by atoms with Crippen molar-refractivity contribution >= 4 is 17.5 Å². The lowest BCUT2D eigenvalue weighted by molar-refractivity contribution is -0.111. The summed E-state index contributed by atoms with van der Waals surface area (Å²) in [6, 6.07) is 11.0. The summed E-state index contributed by atoms with van der Waals surface area (Å²) in [4.78, 5) is 23.7. The first-order chi connectivity index (χ1) is 19.2. The van der Waals surface area contributed by atoms with Crippen molar-refractivity contribution in [3.63, 3.8) is 0 Å². The van der Waals surface area contributed by atoms with Crippen LogP contribution in [0.15, 0.2) is 83.0 Å². The van der Waals surface area contributed by atoms with E-state index < -0.39 is 11.7 Å². The summed E-state index contributed by atoms with van der Waals surface area (Å²) >= 11 is 0. The molecule has 0 fully saturated rings. The van der Waals surface area contributed by atoms with Gasteiger partial charge in [0.1, 0.15) is 5.82 Å². The van der Waals surface area contributed by atoms with Crippen molar-refractivity contribution in [2.24, 2.45) is 5.73 Å². The lowest BCUT2D eigenvalue weighted by Crippen LogP contribution is -2.14. The Labute approximate surface area is 238 Å². The number of nitrogens with one attached hydrogen (secondary N) is 1. The number of anilines is 1. The number of nitrogens with two attached hydrogens (primary N) is 1. The van der Waals surface area contributed by atoms with Crippen molar-refractivity contribution in [2.75, 3.05) is 5.32 Å². The average Bonchev–Trinajstić information content (AvgIpc) is 2.92. The molecule has 2 aromatic rings. The molecule has 3 N–H and O–H groups in total. The molecule has 0 spiro atoms. The minimum atomic E-state index is -0.734. The maximum absolute atomic E-state index is 14.3. The first kappa shape index (κ1) is 30.8. The van der Waals surface area contributed by atoms with Crippen LogP contribution in [0, 0.1) is 12.7 Å². The molecule has 4 nitrogen and oxygen atoms in total. The molecule has 5 heteroatoms. The second-order valence-electron chi connectivity index (χ2n) is 10.6. The minimum Gasteiger partial charge on any atom is -0.366 e. The first-order valence-corrected chi connectivity index (χ1v) is 14.4. The van der Waals surface area contributed by atoms with Gasteiger partial charge in [0.2, 0.25) is 5.91 Å². The maximum Gasteiger partial charge on any atom is 0.251 e. The fourth-order valence-corrected chi connectivity index (χ4v) is 5.69. The van der Waals surface area contributed by atoms with Gasteiger partial charge >= 0.3 is 0 Å². The smallest absolute Gasteiger partial charge is 0.251 e. The van der Waals surface area contributed by atoms with Crippen molar-refractivity contribution in [1.82, 2.24) is 0 Å². The van der Waals surface area contributed by atoms with Crippen molar-refractivity contribution in [3.8, 4) is 0 Å². The van der Waals surface area contributed by atoms with E-state index >= 15 is 0 Å². The van der Waals surface area contributed by atoms with Crippen LogP contribution < -0.4 is 11.1 Å². The van der Waals surface area contributed by atoms with E-state index in [0.29, 0.717) is 0 Å². The number of benzene rings is 2. The molecular formula is C35H43FN2O2. The third kappa shape index (κ3) is 7.91. The molecule has 3 rings (SSSR count). The van der Waals surface area contributed by atoms with Gasteiger partial charge in [0.25, 0.3) is 5.91 Å². The Hall–Kier alpha value is -3.73. The highest BCUT2D eigenvalue weighted by Crippen LogP contribution is 2.36. The number of amides is 2. The molecule has 1 aliphatic rings. The van der Waals surface area contributed by atoms with Gasteiger partial charge in [-0.15, -0.1) is 0 Å². The van der Waals surface area contributed by atoms with Crippen LogP contribution in [0.1, 0.15) is 92.8 Å². The van der Waals surface area contributed by atoms with Crippen LogP contribution >= 0.6 is 0 Å². The van der Waals surface area contributed by atoms with Gasteiger partial charge in [0.15, 0.2) is 0 Å². The van der Waals surface area contributed by atoms with Gasteiger partial charge in [-0.25, -0.2) is 4.39 Å². The Bertz CT molecular complexity index is 1360. The molecule has 1 aliphatic carbocycles. The minimum absolute atomic E-state index is 0.0415. The standard InChI is InChI=1S/C35H43FN2O2/c1-6-25-20-23(4)16-17-26(18-19-28-22-31(35(37)40)32(36)21-24(28)5)29(7-2)30(25)14-11-13-27-12-9-10-15-33(27)38-34(39)8-3/h8-10,12,15,20-22H,3,6-7,11,13-14,16-19H2,1-2,4-5H3,(H2,37,40)(H,38,39). The summed E-state index contributed by atoms with van der Waals surface area (Å²) in [5, 5.41) is 2.93. The first-order valence-electron chi connectivity index (χ1n) is 14.4. The molecule has 0 aliphatic heterocycles. The summed E-state index contributed by atoms with van der Waals surface area (Å²) in [5.41, 5.74) is 16.2. The van der Waals surface area contributed by atoms with Gasteiger partial charge in [0, 0.05) is 5.69 Å². The third-order valence-electron chi connectivity index (χ3n) is 7.88. The molecule has 0 atom stereocenters. The van der Waals surface area contributed by atoms with Crippen molar-refractivity contribution in [1.29, 1.82) is 0 Å². The second kappa shape index (κ2) is 14.6. The van der Waals surface area contributed by atoms with E-state index in [1.54, 1.807) is 6.07 Å². The van der Waals surface area contributed by atoms with Crippen LogP contribution in [-0.4, -0.2) is 11.8 Å². The number of hydrogen-bond acceptors (Lipinski definition) is 2. The monoisotopic (exact) mass is 542 g/mol. The molecule has 0 aromatic heterocycles. The van der Waals surface area contributed by atoms with Crippen LogP contribution in [0.4, 0.5) is 10.1 Å². The van der Waals surface area contributed by atoms with E-state index in [0.717, 1.165) is 80.2 Å². The number of primary amides is 1. The highest BCUT2D eigenvalue weighted by atomic mass is 19.1. The van der Waals surface area contributed by atoms with E-state index in [9.17, 15) is 14.0 Å². The van der Waals surface area contributed by atoms with Crippen molar-refractivity contribution in [3.05, 3.63) is 111 Å². The molecule has 2 amide bonds. The Morgan fingerprint density at radius 3 is 2.40 bits per heavy atom. The van der Waals surface area contributed by atoms with Gasteiger partial charge in [-0.1, -0.05) is 55.8 Å². The molecule has 0 bridgehead atoms. The number of aryl methyl sites for hydroxylation is 3. The number of carbonyl (C=O) groups is 2. The summed E-state index contributed by atoms with van der Waals surface area (Å²) in [7, 11) is 0. The van der Waals surface area contributed by atoms with Gasteiger partial charge < -0.3 is 11.1 Å². The molecule has 0 unspecified atom stereocenters. The summed E-state index contributed by atoms with van der Waals surface area (Å²) in [5.74, 6) is -1.50. The number of allylic oxidation sites excluding steroid dienone is 6. The van der Waals surface area contributed by atoms with Gasteiger partial charge in [-0.3, -0.25) is 9.59 Å². The zero-order valence-corrected chi connectivity index (χ0v) is 24.5. The van der Waals surface area contributed by atoms with Crippen LogP contribution in [0.3, 0.4) is 0 Å². The number of para-hydroxylation sites is 1. The Morgan fingerprint density at radius 1 is 0.975 bits per heavy atom. The van der Waals surface area contributed by atoms with E-state index in [4.69, 9.17) is 5.73 Å². The number of carbonyl (C=O) groups excluding carboxylic acids is 2. The third-order valence-corrected chi connectivity index (χ3v) is 7.88. The summed E-state index contributed by atoms with van der Waals surface area (Å²) < 4.78 is 14.3. The van der Waals surface area contributed by atoms with Crippen LogP contribution in [0.2, 0.25) is 0 Å². The fraction of sp³-hybridized carbons (Fsp3) is 0.371. The Kier molecular flexibility index (Phi) is 11.2. The predicted octanol–water partition coefficient (Wildman–Crippen LogP) is 8.47. The van der Waals surface area contributed by atoms with Crippen LogP contribution in [-0.2, 0) is 17.6 Å².